The molecule has 1 aromatic carbocycles. The van der Waals surface area contributed by atoms with Gasteiger partial charge in [0.2, 0.25) is 5.91 Å². The highest BCUT2D eigenvalue weighted by Gasteiger charge is 2.14. The van der Waals surface area contributed by atoms with Crippen molar-refractivity contribution in [3.05, 3.63) is 35.4 Å². The molecule has 0 radical (unpaired) electrons. The third-order valence-corrected chi connectivity index (χ3v) is 3.14. The van der Waals surface area contributed by atoms with Gasteiger partial charge in [-0.25, -0.2) is 0 Å². The standard InChI is InChI=1S/C13H18N2O2S/c1-9(12(16)14-2)15-13(17)11-6-4-10(5-7-11)8-18-3/h4-7,9H,8H2,1-3H3,(H,14,16)(H,15,17)/t9-/m0/s1. The van der Waals surface area contributed by atoms with Crippen LogP contribution in [0.4, 0.5) is 0 Å². The van der Waals surface area contributed by atoms with Gasteiger partial charge in [-0.3, -0.25) is 9.59 Å². The number of nitrogens with one attached hydrogen (secondary N) is 2. The Balaban J connectivity index is 2.64. The fourth-order valence-corrected chi connectivity index (χ4v) is 2.01. The Morgan fingerprint density at radius 1 is 1.28 bits per heavy atom. The van der Waals surface area contributed by atoms with E-state index in [-0.39, 0.29) is 11.8 Å². The predicted octanol–water partition coefficient (Wildman–Crippen LogP) is 1.41. The minimum absolute atomic E-state index is 0.206. The molecule has 0 spiro atoms. The summed E-state index contributed by atoms with van der Waals surface area (Å²) in [4.78, 5) is 23.1. The number of amides is 2. The zero-order chi connectivity index (χ0) is 13.5. The number of carbonyl (C=O) groups is 2. The van der Waals surface area contributed by atoms with Gasteiger partial charge in [0.15, 0.2) is 0 Å². The lowest BCUT2D eigenvalue weighted by molar-refractivity contribution is -0.122. The van der Waals surface area contributed by atoms with E-state index in [0.29, 0.717) is 5.56 Å². The fourth-order valence-electron chi connectivity index (χ4n) is 1.48. The van der Waals surface area contributed by atoms with Crippen molar-refractivity contribution < 1.29 is 9.59 Å². The Hall–Kier alpha value is -1.49. The Labute approximate surface area is 112 Å². The van der Waals surface area contributed by atoms with Crippen LogP contribution in [0, 0.1) is 0 Å². The van der Waals surface area contributed by atoms with E-state index in [1.807, 2.05) is 18.4 Å². The monoisotopic (exact) mass is 266 g/mol. The Bertz CT molecular complexity index is 418. The first-order valence-corrected chi connectivity index (χ1v) is 7.08. The highest BCUT2D eigenvalue weighted by atomic mass is 32.2. The molecule has 5 heteroatoms. The Morgan fingerprint density at radius 2 is 1.89 bits per heavy atom. The topological polar surface area (TPSA) is 58.2 Å². The van der Waals surface area contributed by atoms with Crippen molar-refractivity contribution in [2.24, 2.45) is 0 Å². The van der Waals surface area contributed by atoms with Crippen molar-refractivity contribution in [1.29, 1.82) is 0 Å². The highest BCUT2D eigenvalue weighted by molar-refractivity contribution is 7.97. The molecule has 0 bridgehead atoms. The third kappa shape index (κ3) is 4.07. The molecule has 98 valence electrons. The predicted molar refractivity (Wildman–Crippen MR) is 74.7 cm³/mol. The van der Waals surface area contributed by atoms with E-state index >= 15 is 0 Å². The number of hydrogen-bond donors (Lipinski definition) is 2. The van der Waals surface area contributed by atoms with E-state index < -0.39 is 6.04 Å². The summed E-state index contributed by atoms with van der Waals surface area (Å²) in [6.45, 7) is 1.65. The SMILES string of the molecule is CNC(=O)[C@H](C)NC(=O)c1ccc(CSC)cc1. The van der Waals surface area contributed by atoms with Crippen molar-refractivity contribution in [3.63, 3.8) is 0 Å². The minimum atomic E-state index is -0.534. The van der Waals surface area contributed by atoms with Gasteiger partial charge in [-0.05, 0) is 30.9 Å². The van der Waals surface area contributed by atoms with Crippen LogP contribution >= 0.6 is 11.8 Å². The van der Waals surface area contributed by atoms with Crippen molar-refractivity contribution >= 4 is 23.6 Å². The van der Waals surface area contributed by atoms with Gasteiger partial charge in [0.25, 0.3) is 5.91 Å². The van der Waals surface area contributed by atoms with E-state index in [2.05, 4.69) is 10.6 Å². The molecule has 0 aliphatic carbocycles. The lowest BCUT2D eigenvalue weighted by Gasteiger charge is -2.12. The molecular formula is C13H18N2O2S. The normalized spacial score (nSPS) is 11.7. The number of rotatable bonds is 5. The largest absolute Gasteiger partial charge is 0.357 e. The average Bonchev–Trinajstić information content (AvgIpc) is 2.38. The maximum atomic E-state index is 11.8. The molecule has 18 heavy (non-hydrogen) atoms. The first-order chi connectivity index (χ1) is 8.58. The van der Waals surface area contributed by atoms with Crippen LogP contribution in [0.15, 0.2) is 24.3 Å². The van der Waals surface area contributed by atoms with E-state index in [0.717, 1.165) is 5.75 Å². The summed E-state index contributed by atoms with van der Waals surface area (Å²) >= 11 is 1.73. The van der Waals surface area contributed by atoms with E-state index in [4.69, 9.17) is 0 Å². The van der Waals surface area contributed by atoms with Crippen LogP contribution in [-0.4, -0.2) is 31.2 Å². The molecule has 0 aromatic heterocycles. The van der Waals surface area contributed by atoms with Gasteiger partial charge in [0, 0.05) is 18.4 Å². The van der Waals surface area contributed by atoms with Gasteiger partial charge in [-0.15, -0.1) is 0 Å². The third-order valence-electron chi connectivity index (χ3n) is 2.51. The van der Waals surface area contributed by atoms with Crippen LogP contribution in [0.3, 0.4) is 0 Å². The molecule has 0 saturated heterocycles. The molecule has 0 unspecified atom stereocenters. The molecule has 0 fully saturated rings. The molecule has 2 amide bonds. The lowest BCUT2D eigenvalue weighted by atomic mass is 10.1. The maximum absolute atomic E-state index is 11.8. The molecule has 0 saturated carbocycles. The molecule has 0 aliphatic heterocycles. The van der Waals surface area contributed by atoms with Crippen LogP contribution in [-0.2, 0) is 10.5 Å². The number of carbonyl (C=O) groups excluding carboxylic acids is 2. The van der Waals surface area contributed by atoms with E-state index in [1.54, 1.807) is 37.9 Å². The first-order valence-electron chi connectivity index (χ1n) is 5.68. The van der Waals surface area contributed by atoms with Crippen LogP contribution in [0.1, 0.15) is 22.8 Å². The summed E-state index contributed by atoms with van der Waals surface area (Å²) in [6.07, 6.45) is 2.03. The van der Waals surface area contributed by atoms with Crippen molar-refractivity contribution in [3.8, 4) is 0 Å². The zero-order valence-electron chi connectivity index (χ0n) is 10.8. The van der Waals surface area contributed by atoms with Crippen LogP contribution < -0.4 is 10.6 Å². The minimum Gasteiger partial charge on any atom is -0.357 e. The second kappa shape index (κ2) is 7.06. The molecule has 0 heterocycles. The number of likely N-dealkylation sites (N-methyl/N-ethyl adjacent to an activating group) is 1. The van der Waals surface area contributed by atoms with E-state index in [9.17, 15) is 9.59 Å². The van der Waals surface area contributed by atoms with Crippen molar-refractivity contribution in [1.82, 2.24) is 10.6 Å². The molecule has 1 rings (SSSR count). The zero-order valence-corrected chi connectivity index (χ0v) is 11.6. The van der Waals surface area contributed by atoms with Crippen LogP contribution in [0.25, 0.3) is 0 Å². The summed E-state index contributed by atoms with van der Waals surface area (Å²) in [5.41, 5.74) is 1.74. The van der Waals surface area contributed by atoms with Crippen molar-refractivity contribution in [2.75, 3.05) is 13.3 Å². The molecule has 4 nitrogen and oxygen atoms in total. The second-order valence-electron chi connectivity index (χ2n) is 3.94. The van der Waals surface area contributed by atoms with E-state index in [1.165, 1.54) is 5.56 Å². The van der Waals surface area contributed by atoms with Gasteiger partial charge in [-0.1, -0.05) is 12.1 Å². The molecule has 0 aliphatic rings. The average molecular weight is 266 g/mol. The smallest absolute Gasteiger partial charge is 0.251 e. The van der Waals surface area contributed by atoms with Gasteiger partial charge in [0.1, 0.15) is 6.04 Å². The maximum Gasteiger partial charge on any atom is 0.251 e. The number of thioether (sulfide) groups is 1. The molecule has 2 N–H and O–H groups in total. The van der Waals surface area contributed by atoms with Gasteiger partial charge in [-0.2, -0.15) is 11.8 Å². The lowest BCUT2D eigenvalue weighted by Crippen LogP contribution is -2.43. The van der Waals surface area contributed by atoms with Gasteiger partial charge in [0.05, 0.1) is 0 Å². The molecule has 1 atom stereocenters. The second-order valence-corrected chi connectivity index (χ2v) is 4.81. The molecule has 1 aromatic rings. The van der Waals surface area contributed by atoms with Crippen molar-refractivity contribution in [2.45, 2.75) is 18.7 Å². The quantitative estimate of drug-likeness (QED) is 0.847. The molecular weight excluding hydrogens is 248 g/mol. The number of hydrogen-bond acceptors (Lipinski definition) is 3. The summed E-state index contributed by atoms with van der Waals surface area (Å²) in [7, 11) is 1.54. The highest BCUT2D eigenvalue weighted by Crippen LogP contribution is 2.10. The van der Waals surface area contributed by atoms with Crippen LogP contribution in [0.5, 0.6) is 0 Å². The first kappa shape index (κ1) is 14.6. The number of benzene rings is 1. The van der Waals surface area contributed by atoms with Crippen LogP contribution in [0.2, 0.25) is 0 Å². The summed E-state index contributed by atoms with van der Waals surface area (Å²) in [5.74, 6) is 0.487. The fraction of sp³-hybridized carbons (Fsp3) is 0.385. The Morgan fingerprint density at radius 3 is 2.39 bits per heavy atom. The summed E-state index contributed by atoms with van der Waals surface area (Å²) in [6, 6.07) is 6.87. The summed E-state index contributed by atoms with van der Waals surface area (Å²) < 4.78 is 0. The summed E-state index contributed by atoms with van der Waals surface area (Å²) in [5, 5.41) is 5.13. The Kier molecular flexibility index (Phi) is 5.71. The van der Waals surface area contributed by atoms with Gasteiger partial charge >= 0.3 is 0 Å². The van der Waals surface area contributed by atoms with Gasteiger partial charge < -0.3 is 10.6 Å².